The second-order valence-electron chi connectivity index (χ2n) is 6.37. The van der Waals surface area contributed by atoms with E-state index in [1.165, 1.54) is 7.11 Å². The molecule has 0 amide bonds. The molecule has 2 heterocycles. The SMILES string of the molecule is COc1cc(-c2nc3ccccn3c2N=Cc2cc(I)cc(I)c2OC)ccc1O. The molecule has 2 aromatic heterocycles. The number of benzene rings is 2. The summed E-state index contributed by atoms with van der Waals surface area (Å²) in [6.45, 7) is 0. The number of phenolic OH excluding ortho intramolecular Hbond substituents is 1. The summed E-state index contributed by atoms with van der Waals surface area (Å²) in [7, 11) is 3.18. The van der Waals surface area contributed by atoms with E-state index in [1.54, 1.807) is 31.5 Å². The molecule has 2 aromatic carbocycles. The molecule has 4 rings (SSSR count). The second kappa shape index (κ2) is 8.80. The Hall–Kier alpha value is -2.34. The number of aromatic nitrogens is 2. The average Bonchev–Trinajstić information content (AvgIpc) is 3.11. The van der Waals surface area contributed by atoms with Crippen molar-refractivity contribution < 1.29 is 14.6 Å². The molecule has 0 saturated carbocycles. The molecule has 0 fully saturated rings. The first-order valence-electron chi connectivity index (χ1n) is 8.93. The van der Waals surface area contributed by atoms with Crippen molar-refractivity contribution >= 4 is 62.9 Å². The molecule has 0 radical (unpaired) electrons. The van der Waals surface area contributed by atoms with Gasteiger partial charge in [-0.05, 0) is 87.6 Å². The van der Waals surface area contributed by atoms with Gasteiger partial charge in [0.1, 0.15) is 17.1 Å². The van der Waals surface area contributed by atoms with Crippen molar-refractivity contribution in [1.82, 2.24) is 9.38 Å². The van der Waals surface area contributed by atoms with Crippen LogP contribution in [-0.2, 0) is 0 Å². The minimum atomic E-state index is 0.0771. The number of imidazole rings is 1. The van der Waals surface area contributed by atoms with E-state index in [-0.39, 0.29) is 5.75 Å². The van der Waals surface area contributed by atoms with Gasteiger partial charge >= 0.3 is 0 Å². The third kappa shape index (κ3) is 3.97. The van der Waals surface area contributed by atoms with Gasteiger partial charge in [-0.2, -0.15) is 0 Å². The number of rotatable bonds is 5. The van der Waals surface area contributed by atoms with Crippen molar-refractivity contribution in [2.45, 2.75) is 0 Å². The van der Waals surface area contributed by atoms with Crippen LogP contribution in [0, 0.1) is 7.14 Å². The van der Waals surface area contributed by atoms with E-state index in [0.717, 1.165) is 29.7 Å². The van der Waals surface area contributed by atoms with E-state index >= 15 is 0 Å². The number of hydrogen-bond donors (Lipinski definition) is 1. The van der Waals surface area contributed by atoms with Crippen LogP contribution in [0.4, 0.5) is 5.82 Å². The molecular formula is C22H17I2N3O3. The third-order valence-corrected chi connectivity index (χ3v) is 5.95. The van der Waals surface area contributed by atoms with Crippen molar-refractivity contribution in [3.05, 3.63) is 67.4 Å². The minimum absolute atomic E-state index is 0.0771. The lowest BCUT2D eigenvalue weighted by atomic mass is 10.1. The molecule has 152 valence electrons. The second-order valence-corrected chi connectivity index (χ2v) is 8.78. The fraction of sp³-hybridized carbons (Fsp3) is 0.0909. The van der Waals surface area contributed by atoms with E-state index in [9.17, 15) is 5.11 Å². The number of methoxy groups -OCH3 is 2. The topological polar surface area (TPSA) is 68.4 Å². The van der Waals surface area contributed by atoms with Gasteiger partial charge in [-0.15, -0.1) is 0 Å². The highest BCUT2D eigenvalue weighted by molar-refractivity contribution is 14.1. The fourth-order valence-electron chi connectivity index (χ4n) is 3.15. The van der Waals surface area contributed by atoms with Gasteiger partial charge in [0, 0.05) is 27.1 Å². The van der Waals surface area contributed by atoms with Crippen LogP contribution in [0.1, 0.15) is 5.56 Å². The maximum atomic E-state index is 9.96. The van der Waals surface area contributed by atoms with Crippen molar-refractivity contribution in [3.63, 3.8) is 0 Å². The molecule has 30 heavy (non-hydrogen) atoms. The Morgan fingerprint density at radius 3 is 2.67 bits per heavy atom. The van der Waals surface area contributed by atoms with Gasteiger partial charge in [0.25, 0.3) is 0 Å². The van der Waals surface area contributed by atoms with Gasteiger partial charge in [0.2, 0.25) is 0 Å². The van der Waals surface area contributed by atoms with Crippen LogP contribution in [0.25, 0.3) is 16.9 Å². The summed E-state index contributed by atoms with van der Waals surface area (Å²) in [6.07, 6.45) is 3.71. The molecule has 0 bridgehead atoms. The summed E-state index contributed by atoms with van der Waals surface area (Å²) in [5.41, 5.74) is 3.14. The first kappa shape index (κ1) is 20.9. The number of hydrogen-bond acceptors (Lipinski definition) is 5. The Bertz CT molecular complexity index is 1270. The molecule has 0 aliphatic carbocycles. The zero-order chi connectivity index (χ0) is 21.3. The summed E-state index contributed by atoms with van der Waals surface area (Å²) in [5.74, 6) is 1.91. The Balaban J connectivity index is 1.89. The predicted molar refractivity (Wildman–Crippen MR) is 135 cm³/mol. The quantitative estimate of drug-likeness (QED) is 0.229. The fourth-order valence-corrected chi connectivity index (χ4v) is 5.26. The zero-order valence-electron chi connectivity index (χ0n) is 16.1. The monoisotopic (exact) mass is 625 g/mol. The lowest BCUT2D eigenvalue weighted by molar-refractivity contribution is 0.373. The van der Waals surface area contributed by atoms with Crippen LogP contribution < -0.4 is 9.47 Å². The largest absolute Gasteiger partial charge is 0.504 e. The van der Waals surface area contributed by atoms with Gasteiger partial charge < -0.3 is 14.6 Å². The normalized spacial score (nSPS) is 11.3. The maximum absolute atomic E-state index is 9.96. The number of nitrogens with zero attached hydrogens (tertiary/aromatic N) is 3. The van der Waals surface area contributed by atoms with E-state index in [2.05, 4.69) is 51.2 Å². The molecule has 1 N–H and O–H groups in total. The summed E-state index contributed by atoms with van der Waals surface area (Å²) >= 11 is 4.54. The summed E-state index contributed by atoms with van der Waals surface area (Å²) in [5, 5.41) is 9.96. The molecule has 0 saturated heterocycles. The van der Waals surface area contributed by atoms with Crippen LogP contribution >= 0.6 is 45.2 Å². The minimum Gasteiger partial charge on any atom is -0.504 e. The van der Waals surface area contributed by atoms with E-state index in [1.807, 2.05) is 34.9 Å². The van der Waals surface area contributed by atoms with Crippen LogP contribution in [0.15, 0.2) is 59.7 Å². The van der Waals surface area contributed by atoms with Crippen molar-refractivity contribution in [3.8, 4) is 28.5 Å². The highest BCUT2D eigenvalue weighted by Crippen LogP contribution is 2.36. The van der Waals surface area contributed by atoms with Crippen molar-refractivity contribution in [1.29, 1.82) is 0 Å². The number of halogens is 2. The smallest absolute Gasteiger partial charge is 0.165 e. The molecule has 0 atom stereocenters. The average molecular weight is 625 g/mol. The maximum Gasteiger partial charge on any atom is 0.165 e. The molecule has 0 unspecified atom stereocenters. The number of phenols is 1. The Morgan fingerprint density at radius 1 is 1.07 bits per heavy atom. The molecular weight excluding hydrogens is 608 g/mol. The van der Waals surface area contributed by atoms with Crippen LogP contribution in [0.2, 0.25) is 0 Å². The summed E-state index contributed by atoms with van der Waals surface area (Å²) in [6, 6.07) is 15.0. The van der Waals surface area contributed by atoms with E-state index in [4.69, 9.17) is 19.5 Å². The lowest BCUT2D eigenvalue weighted by Crippen LogP contribution is -1.95. The van der Waals surface area contributed by atoms with Gasteiger partial charge in [-0.25, -0.2) is 9.98 Å². The Morgan fingerprint density at radius 2 is 1.90 bits per heavy atom. The van der Waals surface area contributed by atoms with Crippen LogP contribution in [-0.4, -0.2) is 34.9 Å². The van der Waals surface area contributed by atoms with Crippen molar-refractivity contribution in [2.75, 3.05) is 14.2 Å². The molecule has 4 aromatic rings. The van der Waals surface area contributed by atoms with Crippen LogP contribution in [0.3, 0.4) is 0 Å². The van der Waals surface area contributed by atoms with Gasteiger partial charge in [-0.3, -0.25) is 4.40 Å². The lowest BCUT2D eigenvalue weighted by Gasteiger charge is -2.08. The zero-order valence-corrected chi connectivity index (χ0v) is 20.4. The van der Waals surface area contributed by atoms with E-state index < -0.39 is 0 Å². The Kier molecular flexibility index (Phi) is 6.14. The molecule has 6 nitrogen and oxygen atoms in total. The molecule has 0 aliphatic rings. The van der Waals surface area contributed by atoms with Gasteiger partial charge in [0.15, 0.2) is 17.3 Å². The number of aromatic hydroxyl groups is 1. The number of aliphatic imine (C=N–C) groups is 1. The molecule has 0 aliphatic heterocycles. The highest BCUT2D eigenvalue weighted by Gasteiger charge is 2.16. The first-order chi connectivity index (χ1) is 14.5. The number of pyridine rings is 1. The summed E-state index contributed by atoms with van der Waals surface area (Å²) in [4.78, 5) is 9.55. The Labute approximate surface area is 200 Å². The summed E-state index contributed by atoms with van der Waals surface area (Å²) < 4.78 is 14.9. The van der Waals surface area contributed by atoms with Gasteiger partial charge in [-0.1, -0.05) is 6.07 Å². The standard InChI is InChI=1S/C22H17I2N3O3/c1-29-18-10-13(6-7-17(18)28)20-22(27-8-4-3-5-19(27)26-20)25-12-14-9-15(23)11-16(24)21(14)30-2/h3-12,28H,1-2H3. The highest BCUT2D eigenvalue weighted by atomic mass is 127. The van der Waals surface area contributed by atoms with E-state index in [0.29, 0.717) is 17.3 Å². The predicted octanol–water partition coefficient (Wildman–Crippen LogP) is 5.68. The molecule has 0 spiro atoms. The first-order valence-corrected chi connectivity index (χ1v) is 11.1. The van der Waals surface area contributed by atoms with Crippen molar-refractivity contribution in [2.24, 2.45) is 4.99 Å². The van der Waals surface area contributed by atoms with Gasteiger partial charge in [0.05, 0.1) is 17.8 Å². The molecule has 8 heteroatoms. The number of fused-ring (bicyclic) bond motifs is 1. The third-order valence-electron chi connectivity index (χ3n) is 4.53. The van der Waals surface area contributed by atoms with Crippen LogP contribution in [0.5, 0.6) is 17.2 Å². The number of ether oxygens (including phenoxy) is 2.